The molecule has 29 heavy (non-hydrogen) atoms. The molecule has 0 spiro atoms. The second kappa shape index (κ2) is 7.89. The van der Waals surface area contributed by atoms with E-state index < -0.39 is 5.97 Å². The molecule has 0 saturated carbocycles. The Hall–Kier alpha value is -4.07. The van der Waals surface area contributed by atoms with Crippen molar-refractivity contribution in [3.63, 3.8) is 0 Å². The van der Waals surface area contributed by atoms with Crippen molar-refractivity contribution in [1.82, 2.24) is 25.2 Å². The third-order valence-corrected chi connectivity index (χ3v) is 4.32. The van der Waals surface area contributed by atoms with Crippen LogP contribution in [0.1, 0.15) is 10.4 Å². The van der Waals surface area contributed by atoms with Crippen LogP contribution in [0.25, 0.3) is 28.3 Å². The lowest BCUT2D eigenvalue weighted by atomic mass is 10.0. The molecule has 4 rings (SSSR count). The molecular formula is C21H17N5O3. The van der Waals surface area contributed by atoms with Crippen LogP contribution in [0.15, 0.2) is 66.9 Å². The first-order valence-electron chi connectivity index (χ1n) is 8.78. The number of nitrogens with zero attached hydrogens (tertiary/aromatic N) is 5. The van der Waals surface area contributed by atoms with Crippen LogP contribution in [0, 0.1) is 0 Å². The lowest BCUT2D eigenvalue weighted by Crippen LogP contribution is -2.02. The second-order valence-electron chi connectivity index (χ2n) is 6.07. The first-order chi connectivity index (χ1) is 14.2. The number of methoxy groups -OCH3 is 2. The van der Waals surface area contributed by atoms with Crippen molar-refractivity contribution in [3.8, 4) is 34.1 Å². The standard InChI is InChI=1S/C21H17N5O3/c1-28-19-13-16(26-24-20(23-25-26)18-8-3-4-11-22-18)9-10-17(19)14-6-5-7-15(12-14)21(27)29-2/h3-13H,1-2H3. The predicted molar refractivity (Wildman–Crippen MR) is 106 cm³/mol. The summed E-state index contributed by atoms with van der Waals surface area (Å²) in [6, 6.07) is 18.2. The van der Waals surface area contributed by atoms with Crippen molar-refractivity contribution in [3.05, 3.63) is 72.4 Å². The number of carbonyl (C=O) groups excluding carboxylic acids is 1. The van der Waals surface area contributed by atoms with Gasteiger partial charge in [0.1, 0.15) is 11.4 Å². The monoisotopic (exact) mass is 387 g/mol. The Balaban J connectivity index is 1.69. The van der Waals surface area contributed by atoms with E-state index >= 15 is 0 Å². The minimum Gasteiger partial charge on any atom is -0.496 e. The molecular weight excluding hydrogens is 370 g/mol. The summed E-state index contributed by atoms with van der Waals surface area (Å²) >= 11 is 0. The van der Waals surface area contributed by atoms with Gasteiger partial charge in [-0.3, -0.25) is 4.98 Å². The maximum absolute atomic E-state index is 11.8. The molecule has 0 atom stereocenters. The van der Waals surface area contributed by atoms with Crippen molar-refractivity contribution in [2.45, 2.75) is 0 Å². The largest absolute Gasteiger partial charge is 0.496 e. The molecule has 0 aliphatic carbocycles. The van der Waals surface area contributed by atoms with Gasteiger partial charge in [-0.1, -0.05) is 18.2 Å². The van der Waals surface area contributed by atoms with Crippen LogP contribution in [0.5, 0.6) is 5.75 Å². The number of ether oxygens (including phenoxy) is 2. The Bertz CT molecular complexity index is 1160. The van der Waals surface area contributed by atoms with Crippen molar-refractivity contribution >= 4 is 5.97 Å². The van der Waals surface area contributed by atoms with Gasteiger partial charge in [0.15, 0.2) is 0 Å². The summed E-state index contributed by atoms with van der Waals surface area (Å²) in [5.74, 6) is 0.650. The maximum Gasteiger partial charge on any atom is 0.337 e. The molecule has 144 valence electrons. The molecule has 0 N–H and O–H groups in total. The van der Waals surface area contributed by atoms with E-state index in [1.54, 1.807) is 31.5 Å². The smallest absolute Gasteiger partial charge is 0.337 e. The fourth-order valence-corrected chi connectivity index (χ4v) is 2.90. The Morgan fingerprint density at radius 3 is 2.66 bits per heavy atom. The SMILES string of the molecule is COC(=O)c1cccc(-c2ccc(-n3nnc(-c4ccccn4)n3)cc2OC)c1. The number of hydrogen-bond donors (Lipinski definition) is 0. The van der Waals surface area contributed by atoms with Gasteiger partial charge in [-0.2, -0.15) is 0 Å². The predicted octanol–water partition coefficient (Wildman–Crippen LogP) is 3.19. The molecule has 0 aliphatic rings. The Morgan fingerprint density at radius 1 is 1.00 bits per heavy atom. The molecule has 2 heterocycles. The number of rotatable bonds is 5. The zero-order valence-electron chi connectivity index (χ0n) is 15.8. The van der Waals surface area contributed by atoms with Crippen LogP contribution >= 0.6 is 0 Å². The average Bonchev–Trinajstić information content (AvgIpc) is 3.29. The third-order valence-electron chi connectivity index (χ3n) is 4.32. The molecule has 0 aliphatic heterocycles. The highest BCUT2D eigenvalue weighted by atomic mass is 16.5. The maximum atomic E-state index is 11.8. The highest BCUT2D eigenvalue weighted by molar-refractivity contribution is 5.91. The Labute approximate surface area is 166 Å². The van der Waals surface area contributed by atoms with Crippen molar-refractivity contribution in [1.29, 1.82) is 0 Å². The van der Waals surface area contributed by atoms with E-state index in [-0.39, 0.29) is 0 Å². The van der Waals surface area contributed by atoms with Gasteiger partial charge in [0.25, 0.3) is 0 Å². The summed E-state index contributed by atoms with van der Waals surface area (Å²) in [5, 5.41) is 12.6. The first kappa shape index (κ1) is 18.3. The Kier molecular flexibility index (Phi) is 4.98. The van der Waals surface area contributed by atoms with Crippen LogP contribution in [-0.2, 0) is 4.74 Å². The summed E-state index contributed by atoms with van der Waals surface area (Å²) < 4.78 is 10.4. The molecule has 0 bridgehead atoms. The van der Waals surface area contributed by atoms with E-state index in [2.05, 4.69) is 20.4 Å². The van der Waals surface area contributed by atoms with E-state index in [9.17, 15) is 4.79 Å². The van der Waals surface area contributed by atoms with Crippen molar-refractivity contribution in [2.75, 3.05) is 14.2 Å². The van der Waals surface area contributed by atoms with E-state index in [1.807, 2.05) is 42.5 Å². The molecule has 2 aromatic heterocycles. The van der Waals surface area contributed by atoms with Gasteiger partial charge >= 0.3 is 5.97 Å². The van der Waals surface area contributed by atoms with E-state index in [0.29, 0.717) is 28.5 Å². The van der Waals surface area contributed by atoms with Crippen molar-refractivity contribution in [2.24, 2.45) is 0 Å². The lowest BCUT2D eigenvalue weighted by Gasteiger charge is -2.11. The summed E-state index contributed by atoms with van der Waals surface area (Å²) in [6.07, 6.45) is 1.68. The molecule has 4 aromatic rings. The van der Waals surface area contributed by atoms with Crippen LogP contribution in [-0.4, -0.2) is 45.4 Å². The van der Waals surface area contributed by atoms with E-state index in [1.165, 1.54) is 11.9 Å². The molecule has 8 nitrogen and oxygen atoms in total. The zero-order chi connectivity index (χ0) is 20.2. The molecule has 2 aromatic carbocycles. The molecule has 8 heteroatoms. The zero-order valence-corrected chi connectivity index (χ0v) is 15.8. The summed E-state index contributed by atoms with van der Waals surface area (Å²) in [4.78, 5) is 17.5. The minimum atomic E-state index is -0.392. The van der Waals surface area contributed by atoms with Crippen LogP contribution < -0.4 is 4.74 Å². The molecule has 0 saturated heterocycles. The normalized spacial score (nSPS) is 10.6. The summed E-state index contributed by atoms with van der Waals surface area (Å²) in [7, 11) is 2.94. The van der Waals surface area contributed by atoms with Crippen LogP contribution in [0.3, 0.4) is 0 Å². The molecule has 0 unspecified atom stereocenters. The van der Waals surface area contributed by atoms with Crippen molar-refractivity contribution < 1.29 is 14.3 Å². The number of carbonyl (C=O) groups is 1. The van der Waals surface area contributed by atoms with Gasteiger partial charge in [0.2, 0.25) is 5.82 Å². The minimum absolute atomic E-state index is 0.392. The summed E-state index contributed by atoms with van der Waals surface area (Å²) in [5.41, 5.74) is 3.45. The molecule has 0 amide bonds. The van der Waals surface area contributed by atoms with Gasteiger partial charge in [-0.25, -0.2) is 4.79 Å². The first-order valence-corrected chi connectivity index (χ1v) is 8.78. The lowest BCUT2D eigenvalue weighted by molar-refractivity contribution is 0.0601. The van der Waals surface area contributed by atoms with Gasteiger partial charge in [0, 0.05) is 17.8 Å². The third kappa shape index (κ3) is 3.68. The second-order valence-corrected chi connectivity index (χ2v) is 6.07. The van der Waals surface area contributed by atoms with E-state index in [4.69, 9.17) is 9.47 Å². The fourth-order valence-electron chi connectivity index (χ4n) is 2.90. The van der Waals surface area contributed by atoms with E-state index in [0.717, 1.165) is 11.1 Å². The van der Waals surface area contributed by atoms with Gasteiger partial charge < -0.3 is 9.47 Å². The fraction of sp³-hybridized carbons (Fsp3) is 0.0952. The number of benzene rings is 2. The molecule has 0 fully saturated rings. The number of hydrogen-bond acceptors (Lipinski definition) is 7. The average molecular weight is 387 g/mol. The Morgan fingerprint density at radius 2 is 1.90 bits per heavy atom. The van der Waals surface area contributed by atoms with Gasteiger partial charge in [0.05, 0.1) is 25.5 Å². The number of aromatic nitrogens is 5. The van der Waals surface area contributed by atoms with Crippen LogP contribution in [0.4, 0.5) is 0 Å². The number of pyridine rings is 1. The number of esters is 1. The quantitative estimate of drug-likeness (QED) is 0.486. The highest BCUT2D eigenvalue weighted by Gasteiger charge is 2.13. The number of tetrazole rings is 1. The highest BCUT2D eigenvalue weighted by Crippen LogP contribution is 2.32. The van der Waals surface area contributed by atoms with Crippen LogP contribution in [0.2, 0.25) is 0 Å². The summed E-state index contributed by atoms with van der Waals surface area (Å²) in [6.45, 7) is 0. The molecule has 0 radical (unpaired) electrons. The topological polar surface area (TPSA) is 92.0 Å². The van der Waals surface area contributed by atoms with Gasteiger partial charge in [-0.05, 0) is 47.2 Å². The van der Waals surface area contributed by atoms with Gasteiger partial charge in [-0.15, -0.1) is 15.0 Å².